The first kappa shape index (κ1) is 18.7. The highest BCUT2D eigenvalue weighted by Crippen LogP contribution is 2.28. The molecule has 1 aromatic carbocycles. The molecule has 1 aliphatic heterocycles. The molecule has 0 radical (unpaired) electrons. The van der Waals surface area contributed by atoms with Gasteiger partial charge in [-0.2, -0.15) is 0 Å². The summed E-state index contributed by atoms with van der Waals surface area (Å²) in [5.74, 6) is -0.296. The number of carbonyl (C=O) groups is 1. The van der Waals surface area contributed by atoms with E-state index >= 15 is 0 Å². The number of nitrogens with one attached hydrogen (secondary N) is 3. The Balaban J connectivity index is 2.09. The number of ether oxygens (including phenoxy) is 1. The Morgan fingerprint density at radius 1 is 1.29 bits per heavy atom. The monoisotopic (exact) mass is 355 g/mol. The molecular formula is C16H25N3O4S. The maximum Gasteiger partial charge on any atom is 0.253 e. The summed E-state index contributed by atoms with van der Waals surface area (Å²) in [7, 11) is -1.78. The summed E-state index contributed by atoms with van der Waals surface area (Å²) >= 11 is 0. The van der Waals surface area contributed by atoms with Crippen molar-refractivity contribution in [3.63, 3.8) is 0 Å². The van der Waals surface area contributed by atoms with Crippen LogP contribution in [0.2, 0.25) is 0 Å². The molecule has 2 rings (SSSR count). The van der Waals surface area contributed by atoms with E-state index < -0.39 is 10.0 Å². The molecule has 7 nitrogen and oxygen atoms in total. The first-order valence-electron chi connectivity index (χ1n) is 7.90. The predicted molar refractivity (Wildman–Crippen MR) is 93.7 cm³/mol. The molecule has 0 atom stereocenters. The van der Waals surface area contributed by atoms with Gasteiger partial charge in [-0.25, -0.2) is 8.42 Å². The zero-order valence-corrected chi connectivity index (χ0v) is 14.9. The number of para-hydroxylation sites is 1. The fourth-order valence-electron chi connectivity index (χ4n) is 2.97. The molecule has 8 heteroatoms. The molecule has 24 heavy (non-hydrogen) atoms. The van der Waals surface area contributed by atoms with Gasteiger partial charge < -0.3 is 15.4 Å². The van der Waals surface area contributed by atoms with E-state index in [2.05, 4.69) is 15.4 Å². The van der Waals surface area contributed by atoms with Gasteiger partial charge in [0.15, 0.2) is 0 Å². The van der Waals surface area contributed by atoms with Gasteiger partial charge in [-0.3, -0.25) is 9.52 Å². The molecule has 0 saturated carbocycles. The van der Waals surface area contributed by atoms with Crippen molar-refractivity contribution >= 4 is 21.6 Å². The molecule has 1 fully saturated rings. The van der Waals surface area contributed by atoms with E-state index in [1.165, 1.54) is 0 Å². The molecule has 0 spiro atoms. The van der Waals surface area contributed by atoms with Gasteiger partial charge in [0.05, 0.1) is 24.1 Å². The minimum absolute atomic E-state index is 0.0884. The van der Waals surface area contributed by atoms with E-state index in [9.17, 15) is 13.2 Å². The van der Waals surface area contributed by atoms with Crippen molar-refractivity contribution < 1.29 is 17.9 Å². The molecule has 0 bridgehead atoms. The lowest BCUT2D eigenvalue weighted by Crippen LogP contribution is -2.47. The van der Waals surface area contributed by atoms with E-state index in [4.69, 9.17) is 4.74 Å². The van der Waals surface area contributed by atoms with Gasteiger partial charge in [-0.05, 0) is 38.1 Å². The molecule has 3 N–H and O–H groups in total. The average Bonchev–Trinajstić information content (AvgIpc) is 2.53. The predicted octanol–water partition coefficient (Wildman–Crippen LogP) is 0.804. The van der Waals surface area contributed by atoms with Crippen LogP contribution < -0.4 is 15.4 Å². The van der Waals surface area contributed by atoms with Crippen LogP contribution in [0.5, 0.6) is 0 Å². The van der Waals surface area contributed by atoms with Crippen molar-refractivity contribution in [1.82, 2.24) is 10.6 Å². The normalized spacial score (nSPS) is 17.2. The lowest BCUT2D eigenvalue weighted by atomic mass is 9.79. The maximum absolute atomic E-state index is 12.5. The molecular weight excluding hydrogens is 330 g/mol. The Labute approximate surface area is 143 Å². The number of rotatable bonds is 7. The van der Waals surface area contributed by atoms with Crippen molar-refractivity contribution in [2.75, 3.05) is 44.3 Å². The van der Waals surface area contributed by atoms with Gasteiger partial charge in [0.1, 0.15) is 0 Å². The van der Waals surface area contributed by atoms with Crippen molar-refractivity contribution in [3.8, 4) is 0 Å². The van der Waals surface area contributed by atoms with Gasteiger partial charge in [0.25, 0.3) is 5.91 Å². The maximum atomic E-state index is 12.5. The topological polar surface area (TPSA) is 96.5 Å². The summed E-state index contributed by atoms with van der Waals surface area (Å²) in [6.07, 6.45) is 2.90. The Bertz CT molecular complexity index is 664. The molecule has 0 unspecified atom stereocenters. The summed E-state index contributed by atoms with van der Waals surface area (Å²) in [4.78, 5) is 12.5. The number of methoxy groups -OCH3 is 1. The smallest absolute Gasteiger partial charge is 0.253 e. The summed E-state index contributed by atoms with van der Waals surface area (Å²) in [6.45, 7) is 2.86. The summed E-state index contributed by atoms with van der Waals surface area (Å²) < 4.78 is 30.6. The molecule has 1 heterocycles. The van der Waals surface area contributed by atoms with Gasteiger partial charge in [-0.15, -0.1) is 0 Å². The number of amides is 1. The standard InChI is InChI=1S/C16H25N3O4S/c1-23-12-16(7-9-17-10-8-16)11-18-15(20)13-5-3-4-6-14(13)19-24(2,21)22/h3-6,17,19H,7-12H2,1-2H3,(H,18,20). The lowest BCUT2D eigenvalue weighted by Gasteiger charge is -2.37. The number of carbonyl (C=O) groups excluding carboxylic acids is 1. The number of benzene rings is 1. The second-order valence-electron chi connectivity index (χ2n) is 6.29. The van der Waals surface area contributed by atoms with Gasteiger partial charge in [0, 0.05) is 19.1 Å². The largest absolute Gasteiger partial charge is 0.384 e. The van der Waals surface area contributed by atoms with Crippen LogP contribution in [0.25, 0.3) is 0 Å². The Morgan fingerprint density at radius 3 is 2.58 bits per heavy atom. The van der Waals surface area contributed by atoms with Crippen LogP contribution in [0.3, 0.4) is 0 Å². The summed E-state index contributed by atoms with van der Waals surface area (Å²) in [5, 5.41) is 6.25. The Kier molecular flexibility index (Phi) is 6.20. The minimum Gasteiger partial charge on any atom is -0.384 e. The fourth-order valence-corrected chi connectivity index (χ4v) is 3.55. The quantitative estimate of drug-likeness (QED) is 0.672. The van der Waals surface area contributed by atoms with Crippen LogP contribution in [0.1, 0.15) is 23.2 Å². The van der Waals surface area contributed by atoms with Crippen molar-refractivity contribution in [3.05, 3.63) is 29.8 Å². The number of sulfonamides is 1. The molecule has 0 aliphatic carbocycles. The van der Waals surface area contributed by atoms with E-state index in [-0.39, 0.29) is 17.0 Å². The van der Waals surface area contributed by atoms with Crippen molar-refractivity contribution in [2.45, 2.75) is 12.8 Å². The van der Waals surface area contributed by atoms with Crippen LogP contribution in [0.15, 0.2) is 24.3 Å². The van der Waals surface area contributed by atoms with Crippen molar-refractivity contribution in [2.24, 2.45) is 5.41 Å². The van der Waals surface area contributed by atoms with Crippen LogP contribution in [0.4, 0.5) is 5.69 Å². The second-order valence-corrected chi connectivity index (χ2v) is 8.03. The third-order valence-electron chi connectivity index (χ3n) is 4.21. The van der Waals surface area contributed by atoms with E-state index in [0.29, 0.717) is 18.7 Å². The lowest BCUT2D eigenvalue weighted by molar-refractivity contribution is 0.0512. The summed E-state index contributed by atoms with van der Waals surface area (Å²) in [5.41, 5.74) is 0.502. The first-order chi connectivity index (χ1) is 11.4. The van der Waals surface area contributed by atoms with E-state index in [1.807, 2.05) is 0 Å². The van der Waals surface area contributed by atoms with Crippen LogP contribution >= 0.6 is 0 Å². The minimum atomic E-state index is -3.45. The number of hydrogen-bond donors (Lipinski definition) is 3. The third kappa shape index (κ3) is 5.19. The zero-order chi connectivity index (χ0) is 17.6. The van der Waals surface area contributed by atoms with Gasteiger partial charge in [0.2, 0.25) is 10.0 Å². The number of anilines is 1. The van der Waals surface area contributed by atoms with E-state index in [0.717, 1.165) is 32.2 Å². The van der Waals surface area contributed by atoms with Crippen LogP contribution in [-0.4, -0.2) is 53.9 Å². The Morgan fingerprint density at radius 2 is 1.96 bits per heavy atom. The van der Waals surface area contributed by atoms with Gasteiger partial charge >= 0.3 is 0 Å². The third-order valence-corrected chi connectivity index (χ3v) is 4.80. The van der Waals surface area contributed by atoms with E-state index in [1.54, 1.807) is 31.4 Å². The molecule has 1 aromatic rings. The Hall–Kier alpha value is -1.64. The van der Waals surface area contributed by atoms with Crippen LogP contribution in [-0.2, 0) is 14.8 Å². The van der Waals surface area contributed by atoms with Crippen LogP contribution in [0, 0.1) is 5.41 Å². The summed E-state index contributed by atoms with van der Waals surface area (Å²) in [6, 6.07) is 6.57. The SMILES string of the molecule is COCC1(CNC(=O)c2ccccc2NS(C)(=O)=O)CCNCC1. The zero-order valence-electron chi connectivity index (χ0n) is 14.1. The highest BCUT2D eigenvalue weighted by Gasteiger charge is 2.32. The molecule has 1 saturated heterocycles. The molecule has 1 aliphatic rings. The molecule has 0 aromatic heterocycles. The average molecular weight is 355 g/mol. The highest BCUT2D eigenvalue weighted by molar-refractivity contribution is 7.92. The highest BCUT2D eigenvalue weighted by atomic mass is 32.2. The fraction of sp³-hybridized carbons (Fsp3) is 0.562. The van der Waals surface area contributed by atoms with Crippen molar-refractivity contribution in [1.29, 1.82) is 0 Å². The number of hydrogen-bond acceptors (Lipinski definition) is 5. The van der Waals surface area contributed by atoms with Gasteiger partial charge in [-0.1, -0.05) is 12.1 Å². The second kappa shape index (κ2) is 7.96. The first-order valence-corrected chi connectivity index (χ1v) is 9.79. The molecule has 134 valence electrons. The molecule has 1 amide bonds. The number of piperidine rings is 1.